The van der Waals surface area contributed by atoms with Gasteiger partial charge >= 0.3 is 0 Å². The van der Waals surface area contributed by atoms with Gasteiger partial charge in [0.25, 0.3) is 0 Å². The van der Waals surface area contributed by atoms with Crippen LogP contribution in [0.15, 0.2) is 24.3 Å². The van der Waals surface area contributed by atoms with Crippen LogP contribution in [0, 0.1) is 0 Å². The molecule has 1 amide bonds. The van der Waals surface area contributed by atoms with Gasteiger partial charge in [-0.3, -0.25) is 4.79 Å². The molecule has 5 heteroatoms. The fraction of sp³-hybridized carbons (Fsp3) is 0.562. The molecule has 0 heterocycles. The minimum absolute atomic E-state index is 0.141. The van der Waals surface area contributed by atoms with Crippen LogP contribution in [-0.2, 0) is 4.79 Å². The monoisotopic (exact) mass is 311 g/mol. The van der Waals surface area contributed by atoms with Crippen LogP contribution in [0.25, 0.3) is 0 Å². The first-order chi connectivity index (χ1) is 10.0. The van der Waals surface area contributed by atoms with Crippen molar-refractivity contribution in [1.82, 2.24) is 4.90 Å². The standard InChI is InChI=1S/C16H22ClNO3/c1-18(13-8-3-4-9-14(13)19)16(20)15(17)11-6-5-7-12(10-11)21-2/h5-7,10,13-15,19H,3-4,8-9H2,1-2H3. The Labute approximate surface area is 130 Å². The molecule has 0 bridgehead atoms. The van der Waals surface area contributed by atoms with Crippen molar-refractivity contribution in [3.8, 4) is 5.75 Å². The summed E-state index contributed by atoms with van der Waals surface area (Å²) in [6.45, 7) is 0. The largest absolute Gasteiger partial charge is 0.497 e. The average molecular weight is 312 g/mol. The van der Waals surface area contributed by atoms with Crippen molar-refractivity contribution in [2.45, 2.75) is 43.2 Å². The van der Waals surface area contributed by atoms with Gasteiger partial charge in [-0.25, -0.2) is 0 Å². The lowest BCUT2D eigenvalue weighted by molar-refractivity contribution is -0.135. The summed E-state index contributed by atoms with van der Waals surface area (Å²) >= 11 is 6.32. The van der Waals surface area contributed by atoms with Gasteiger partial charge in [0.15, 0.2) is 0 Å². The van der Waals surface area contributed by atoms with E-state index < -0.39 is 11.5 Å². The molecule has 3 atom stereocenters. The highest BCUT2D eigenvalue weighted by molar-refractivity contribution is 6.30. The number of amides is 1. The first kappa shape index (κ1) is 16.1. The highest BCUT2D eigenvalue weighted by Gasteiger charge is 2.32. The van der Waals surface area contributed by atoms with Crippen molar-refractivity contribution in [1.29, 1.82) is 0 Å². The Kier molecular flexibility index (Phi) is 5.48. The summed E-state index contributed by atoms with van der Waals surface area (Å²) in [6.07, 6.45) is 3.16. The average Bonchev–Trinajstić information content (AvgIpc) is 2.53. The molecule has 1 aromatic carbocycles. The number of methoxy groups -OCH3 is 1. The van der Waals surface area contributed by atoms with E-state index in [4.69, 9.17) is 16.3 Å². The molecule has 3 unspecified atom stereocenters. The first-order valence-corrected chi connectivity index (χ1v) is 7.71. The summed E-state index contributed by atoms with van der Waals surface area (Å²) in [6, 6.07) is 7.06. The lowest BCUT2D eigenvalue weighted by Gasteiger charge is -2.36. The molecule has 0 spiro atoms. The zero-order chi connectivity index (χ0) is 15.4. The predicted octanol–water partition coefficient (Wildman–Crippen LogP) is 2.74. The number of hydrogen-bond acceptors (Lipinski definition) is 3. The molecule has 1 N–H and O–H groups in total. The maximum atomic E-state index is 12.5. The van der Waals surface area contributed by atoms with E-state index >= 15 is 0 Å². The molecule has 0 radical (unpaired) electrons. The fourth-order valence-electron chi connectivity index (χ4n) is 2.83. The predicted molar refractivity (Wildman–Crippen MR) is 82.6 cm³/mol. The summed E-state index contributed by atoms with van der Waals surface area (Å²) in [7, 11) is 3.30. The van der Waals surface area contributed by atoms with Gasteiger partial charge in [0.1, 0.15) is 11.1 Å². The molecule has 1 fully saturated rings. The van der Waals surface area contributed by atoms with Gasteiger partial charge in [-0.2, -0.15) is 0 Å². The molecule has 0 aliphatic heterocycles. The van der Waals surface area contributed by atoms with Gasteiger partial charge < -0.3 is 14.7 Å². The number of likely N-dealkylation sites (N-methyl/N-ethyl adjacent to an activating group) is 1. The fourth-order valence-corrected chi connectivity index (χ4v) is 3.12. The Bertz CT molecular complexity index is 494. The topological polar surface area (TPSA) is 49.8 Å². The van der Waals surface area contributed by atoms with Gasteiger partial charge in [0.05, 0.1) is 19.3 Å². The number of aliphatic hydroxyl groups is 1. The number of aliphatic hydroxyl groups excluding tert-OH is 1. The van der Waals surface area contributed by atoms with Gasteiger partial charge in [-0.1, -0.05) is 25.0 Å². The Morgan fingerprint density at radius 1 is 1.43 bits per heavy atom. The third-order valence-electron chi connectivity index (χ3n) is 4.14. The molecular formula is C16H22ClNO3. The quantitative estimate of drug-likeness (QED) is 0.870. The van der Waals surface area contributed by atoms with Crippen molar-refractivity contribution in [2.75, 3.05) is 14.2 Å². The zero-order valence-electron chi connectivity index (χ0n) is 12.5. The van der Waals surface area contributed by atoms with E-state index in [1.165, 1.54) is 0 Å². The number of carbonyl (C=O) groups is 1. The van der Waals surface area contributed by atoms with Crippen LogP contribution < -0.4 is 4.74 Å². The minimum atomic E-state index is -0.765. The summed E-state index contributed by atoms with van der Waals surface area (Å²) in [5.41, 5.74) is 0.707. The second-order valence-corrected chi connectivity index (χ2v) is 5.94. The molecule has 0 saturated heterocycles. The molecule has 2 rings (SSSR count). The molecule has 1 aromatic rings. The molecule has 1 aliphatic carbocycles. The summed E-state index contributed by atoms with van der Waals surface area (Å²) in [5, 5.41) is 9.30. The maximum Gasteiger partial charge on any atom is 0.245 e. The lowest BCUT2D eigenvalue weighted by Crippen LogP contribution is -2.47. The van der Waals surface area contributed by atoms with Gasteiger partial charge in [0, 0.05) is 7.05 Å². The zero-order valence-corrected chi connectivity index (χ0v) is 13.2. The van der Waals surface area contributed by atoms with E-state index in [0.717, 1.165) is 25.7 Å². The van der Waals surface area contributed by atoms with Crippen LogP contribution in [0.4, 0.5) is 0 Å². The number of alkyl halides is 1. The Balaban J connectivity index is 2.10. The van der Waals surface area contributed by atoms with Gasteiger partial charge in [0.2, 0.25) is 5.91 Å². The Morgan fingerprint density at radius 3 is 2.81 bits per heavy atom. The third kappa shape index (κ3) is 3.69. The number of hydrogen-bond donors (Lipinski definition) is 1. The molecule has 21 heavy (non-hydrogen) atoms. The number of ether oxygens (including phenoxy) is 1. The minimum Gasteiger partial charge on any atom is -0.497 e. The van der Waals surface area contributed by atoms with Crippen molar-refractivity contribution in [3.05, 3.63) is 29.8 Å². The highest BCUT2D eigenvalue weighted by Crippen LogP contribution is 2.29. The molecule has 116 valence electrons. The number of carbonyl (C=O) groups excluding carboxylic acids is 1. The van der Waals surface area contributed by atoms with Crippen LogP contribution in [0.1, 0.15) is 36.6 Å². The van der Waals surface area contributed by atoms with Gasteiger partial charge in [-0.05, 0) is 30.5 Å². The normalized spacial score (nSPS) is 23.4. The SMILES string of the molecule is COc1cccc(C(Cl)C(=O)N(C)C2CCCCC2O)c1. The van der Waals surface area contributed by atoms with E-state index in [-0.39, 0.29) is 11.9 Å². The second kappa shape index (κ2) is 7.14. The second-order valence-electron chi connectivity index (χ2n) is 5.51. The lowest BCUT2D eigenvalue weighted by atomic mass is 9.91. The Morgan fingerprint density at radius 2 is 2.14 bits per heavy atom. The Hall–Kier alpha value is -1.26. The van der Waals surface area contributed by atoms with E-state index in [9.17, 15) is 9.90 Å². The molecular weight excluding hydrogens is 290 g/mol. The van der Waals surface area contributed by atoms with Crippen LogP contribution in [0.3, 0.4) is 0 Å². The maximum absolute atomic E-state index is 12.5. The van der Waals surface area contributed by atoms with Gasteiger partial charge in [-0.15, -0.1) is 11.6 Å². The molecule has 1 saturated carbocycles. The molecule has 0 aromatic heterocycles. The number of nitrogens with zero attached hydrogens (tertiary/aromatic N) is 1. The summed E-state index contributed by atoms with van der Waals surface area (Å²) < 4.78 is 5.16. The third-order valence-corrected chi connectivity index (χ3v) is 4.58. The van der Waals surface area contributed by atoms with Crippen LogP contribution in [0.2, 0.25) is 0 Å². The van der Waals surface area contributed by atoms with Crippen LogP contribution >= 0.6 is 11.6 Å². The van der Waals surface area contributed by atoms with E-state index in [2.05, 4.69) is 0 Å². The molecule has 4 nitrogen and oxygen atoms in total. The first-order valence-electron chi connectivity index (χ1n) is 7.27. The van der Waals surface area contributed by atoms with E-state index in [1.54, 1.807) is 25.1 Å². The summed E-state index contributed by atoms with van der Waals surface area (Å²) in [5.74, 6) is 0.488. The number of benzene rings is 1. The van der Waals surface area contributed by atoms with Crippen molar-refractivity contribution >= 4 is 17.5 Å². The van der Waals surface area contributed by atoms with Crippen molar-refractivity contribution < 1.29 is 14.6 Å². The van der Waals surface area contributed by atoms with Crippen molar-refractivity contribution in [2.24, 2.45) is 0 Å². The highest BCUT2D eigenvalue weighted by atomic mass is 35.5. The smallest absolute Gasteiger partial charge is 0.245 e. The number of halogens is 1. The van der Waals surface area contributed by atoms with Crippen LogP contribution in [-0.4, -0.2) is 42.2 Å². The molecule has 1 aliphatic rings. The summed E-state index contributed by atoms with van der Waals surface area (Å²) in [4.78, 5) is 14.1. The van der Waals surface area contributed by atoms with E-state index in [1.807, 2.05) is 18.2 Å². The number of rotatable bonds is 4. The van der Waals surface area contributed by atoms with Crippen LogP contribution in [0.5, 0.6) is 5.75 Å². The van der Waals surface area contributed by atoms with E-state index in [0.29, 0.717) is 11.3 Å². The van der Waals surface area contributed by atoms with Crippen molar-refractivity contribution in [3.63, 3.8) is 0 Å².